The lowest BCUT2D eigenvalue weighted by Crippen LogP contribution is -2.18. The van der Waals surface area contributed by atoms with Gasteiger partial charge < -0.3 is 9.73 Å². The van der Waals surface area contributed by atoms with Crippen molar-refractivity contribution in [1.29, 1.82) is 0 Å². The molecule has 5 heteroatoms. The van der Waals surface area contributed by atoms with Crippen molar-refractivity contribution in [2.45, 2.75) is 20.4 Å². The van der Waals surface area contributed by atoms with Crippen molar-refractivity contribution < 1.29 is 4.42 Å². The van der Waals surface area contributed by atoms with Gasteiger partial charge in [-0.05, 0) is 40.5 Å². The van der Waals surface area contributed by atoms with E-state index in [-0.39, 0.29) is 0 Å². The minimum atomic E-state index is 0.637. The predicted molar refractivity (Wildman–Crippen MR) is 74.1 cm³/mol. The number of hydrogen-bond acceptors (Lipinski definition) is 4. The lowest BCUT2D eigenvalue weighted by atomic mass is 10.2. The van der Waals surface area contributed by atoms with E-state index in [1.54, 1.807) is 17.5 Å². The van der Waals surface area contributed by atoms with Crippen LogP contribution in [0.1, 0.15) is 19.7 Å². The average molecular weight is 315 g/mol. The van der Waals surface area contributed by atoms with Gasteiger partial charge >= 0.3 is 0 Å². The molecule has 0 unspecified atom stereocenters. The molecule has 2 aromatic rings. The van der Waals surface area contributed by atoms with E-state index in [0.717, 1.165) is 26.9 Å². The molecular formula is C12H15BrN2OS. The first-order valence-corrected chi connectivity index (χ1v) is 7.17. The summed E-state index contributed by atoms with van der Waals surface area (Å²) in [5.41, 5.74) is 0. The standard InChI is InChI=1S/C12H15BrN2OS/c1-8(2)5-14-7-12-15-6-9(16-12)10-3-4-11(13)17-10/h3-4,6,8,14H,5,7H2,1-2H3. The minimum absolute atomic E-state index is 0.637. The van der Waals surface area contributed by atoms with E-state index >= 15 is 0 Å². The molecule has 0 aliphatic heterocycles. The maximum Gasteiger partial charge on any atom is 0.208 e. The molecule has 0 aromatic carbocycles. The Labute approximate surface area is 113 Å². The highest BCUT2D eigenvalue weighted by atomic mass is 79.9. The van der Waals surface area contributed by atoms with Gasteiger partial charge in [0.05, 0.1) is 21.4 Å². The number of halogens is 1. The van der Waals surface area contributed by atoms with E-state index in [1.165, 1.54) is 0 Å². The molecule has 0 aliphatic rings. The van der Waals surface area contributed by atoms with Crippen LogP contribution in [0.25, 0.3) is 10.6 Å². The first kappa shape index (κ1) is 12.8. The Balaban J connectivity index is 1.96. The van der Waals surface area contributed by atoms with Crippen molar-refractivity contribution in [2.24, 2.45) is 5.92 Å². The Morgan fingerprint density at radius 3 is 2.94 bits per heavy atom. The SMILES string of the molecule is CC(C)CNCc1ncc(-c2ccc(Br)s2)o1. The second-order valence-electron chi connectivity index (χ2n) is 4.25. The second kappa shape index (κ2) is 5.80. The smallest absolute Gasteiger partial charge is 0.208 e. The van der Waals surface area contributed by atoms with E-state index in [1.807, 2.05) is 12.1 Å². The Morgan fingerprint density at radius 2 is 2.29 bits per heavy atom. The van der Waals surface area contributed by atoms with E-state index in [9.17, 15) is 0 Å². The van der Waals surface area contributed by atoms with Crippen LogP contribution in [0.4, 0.5) is 0 Å². The number of nitrogens with zero attached hydrogens (tertiary/aromatic N) is 1. The molecular weight excluding hydrogens is 300 g/mol. The Bertz CT molecular complexity index is 478. The molecule has 0 amide bonds. The highest BCUT2D eigenvalue weighted by molar-refractivity contribution is 9.11. The second-order valence-corrected chi connectivity index (χ2v) is 6.71. The Morgan fingerprint density at radius 1 is 1.47 bits per heavy atom. The van der Waals surface area contributed by atoms with Gasteiger partial charge in [0, 0.05) is 0 Å². The number of hydrogen-bond donors (Lipinski definition) is 1. The monoisotopic (exact) mass is 314 g/mol. The van der Waals surface area contributed by atoms with E-state index in [2.05, 4.69) is 40.1 Å². The van der Waals surface area contributed by atoms with Gasteiger partial charge in [0.2, 0.25) is 5.89 Å². The van der Waals surface area contributed by atoms with Crippen LogP contribution >= 0.6 is 27.3 Å². The molecule has 0 saturated carbocycles. The van der Waals surface area contributed by atoms with Gasteiger partial charge in [0.25, 0.3) is 0 Å². The summed E-state index contributed by atoms with van der Waals surface area (Å²) in [6, 6.07) is 4.04. The summed E-state index contributed by atoms with van der Waals surface area (Å²) >= 11 is 5.08. The van der Waals surface area contributed by atoms with Crippen molar-refractivity contribution in [2.75, 3.05) is 6.54 Å². The van der Waals surface area contributed by atoms with Gasteiger partial charge in [0.1, 0.15) is 0 Å². The molecule has 2 aromatic heterocycles. The van der Waals surface area contributed by atoms with Crippen molar-refractivity contribution in [1.82, 2.24) is 10.3 Å². The van der Waals surface area contributed by atoms with Crippen molar-refractivity contribution in [3.8, 4) is 10.6 Å². The highest BCUT2D eigenvalue weighted by Crippen LogP contribution is 2.31. The molecule has 0 radical (unpaired) electrons. The van der Waals surface area contributed by atoms with Crippen LogP contribution in [0.15, 0.2) is 26.5 Å². The molecule has 0 atom stereocenters. The zero-order chi connectivity index (χ0) is 12.3. The van der Waals surface area contributed by atoms with Gasteiger partial charge in [0.15, 0.2) is 5.76 Å². The molecule has 0 aliphatic carbocycles. The minimum Gasteiger partial charge on any atom is -0.438 e. The quantitative estimate of drug-likeness (QED) is 0.909. The number of thiophene rings is 1. The molecule has 2 heterocycles. The van der Waals surface area contributed by atoms with Crippen LogP contribution in [0.3, 0.4) is 0 Å². The third kappa shape index (κ3) is 3.66. The first-order chi connectivity index (χ1) is 8.15. The molecule has 3 nitrogen and oxygen atoms in total. The molecule has 0 spiro atoms. The van der Waals surface area contributed by atoms with Gasteiger partial charge in [-0.25, -0.2) is 4.98 Å². The fraction of sp³-hybridized carbons (Fsp3) is 0.417. The van der Waals surface area contributed by atoms with Crippen LogP contribution in [-0.2, 0) is 6.54 Å². The summed E-state index contributed by atoms with van der Waals surface area (Å²) in [6.07, 6.45) is 1.78. The van der Waals surface area contributed by atoms with E-state index in [0.29, 0.717) is 12.5 Å². The topological polar surface area (TPSA) is 38.1 Å². The maximum absolute atomic E-state index is 5.68. The van der Waals surface area contributed by atoms with Crippen LogP contribution in [-0.4, -0.2) is 11.5 Å². The van der Waals surface area contributed by atoms with Gasteiger partial charge in [-0.2, -0.15) is 0 Å². The maximum atomic E-state index is 5.68. The molecule has 0 saturated heterocycles. The van der Waals surface area contributed by atoms with Gasteiger partial charge in [-0.3, -0.25) is 0 Å². The molecule has 0 bridgehead atoms. The summed E-state index contributed by atoms with van der Waals surface area (Å²) in [7, 11) is 0. The number of nitrogens with one attached hydrogen (secondary N) is 1. The van der Waals surface area contributed by atoms with Crippen molar-refractivity contribution >= 4 is 27.3 Å². The Kier molecular flexibility index (Phi) is 4.36. The molecule has 2 rings (SSSR count). The van der Waals surface area contributed by atoms with Crippen LogP contribution < -0.4 is 5.32 Å². The van der Waals surface area contributed by atoms with Crippen LogP contribution in [0.2, 0.25) is 0 Å². The summed E-state index contributed by atoms with van der Waals surface area (Å²) < 4.78 is 6.78. The normalized spacial score (nSPS) is 11.3. The highest BCUT2D eigenvalue weighted by Gasteiger charge is 2.08. The molecule has 1 N–H and O–H groups in total. The van der Waals surface area contributed by atoms with Crippen molar-refractivity contribution in [3.63, 3.8) is 0 Å². The third-order valence-corrected chi connectivity index (χ3v) is 3.84. The first-order valence-electron chi connectivity index (χ1n) is 5.56. The summed E-state index contributed by atoms with van der Waals surface area (Å²) in [4.78, 5) is 5.36. The molecule has 17 heavy (non-hydrogen) atoms. The van der Waals surface area contributed by atoms with E-state index < -0.39 is 0 Å². The number of rotatable bonds is 5. The number of aromatic nitrogens is 1. The fourth-order valence-electron chi connectivity index (χ4n) is 1.42. The summed E-state index contributed by atoms with van der Waals surface area (Å²) in [6.45, 7) is 6.02. The largest absolute Gasteiger partial charge is 0.438 e. The van der Waals surface area contributed by atoms with Crippen LogP contribution in [0.5, 0.6) is 0 Å². The summed E-state index contributed by atoms with van der Waals surface area (Å²) in [5, 5.41) is 3.31. The van der Waals surface area contributed by atoms with Gasteiger partial charge in [-0.15, -0.1) is 11.3 Å². The van der Waals surface area contributed by atoms with Gasteiger partial charge in [-0.1, -0.05) is 13.8 Å². The fourth-order valence-corrected chi connectivity index (χ4v) is 2.75. The van der Waals surface area contributed by atoms with E-state index in [4.69, 9.17) is 4.42 Å². The average Bonchev–Trinajstić information content (AvgIpc) is 2.86. The zero-order valence-corrected chi connectivity index (χ0v) is 12.3. The van der Waals surface area contributed by atoms with Crippen LogP contribution in [0, 0.1) is 5.92 Å². The third-order valence-electron chi connectivity index (χ3n) is 2.20. The zero-order valence-electron chi connectivity index (χ0n) is 9.87. The summed E-state index contributed by atoms with van der Waals surface area (Å²) in [5.74, 6) is 2.21. The Hall–Kier alpha value is -0.650. The van der Waals surface area contributed by atoms with Crippen molar-refractivity contribution in [3.05, 3.63) is 28.0 Å². The molecule has 0 fully saturated rings. The molecule has 92 valence electrons. The predicted octanol–water partition coefficient (Wildman–Crippen LogP) is 3.91. The number of oxazole rings is 1. The lowest BCUT2D eigenvalue weighted by molar-refractivity contribution is 0.459. The lowest BCUT2D eigenvalue weighted by Gasteiger charge is -2.04.